The van der Waals surface area contributed by atoms with Crippen LogP contribution in [0, 0.1) is 0 Å². The molecule has 0 heterocycles. The van der Waals surface area contributed by atoms with Crippen LogP contribution in [0.25, 0.3) is 0 Å². The lowest BCUT2D eigenvalue weighted by molar-refractivity contribution is -0.134. The van der Waals surface area contributed by atoms with Gasteiger partial charge in [0.15, 0.2) is 0 Å². The standard InChI is InChI=1S/C8H14.C4H4O4/c1-2-3-4-5-8-6-7-8;5-3(6)1-2-4(7)8/h5H,2-4,6-7H2,1H3;1-2H,(H,5,6)(H,7,8)/b;2-1-. The van der Waals surface area contributed by atoms with Gasteiger partial charge in [-0.05, 0) is 19.3 Å². The fourth-order valence-corrected chi connectivity index (χ4v) is 0.929. The number of carbonyl (C=O) groups is 2. The van der Waals surface area contributed by atoms with Crippen LogP contribution in [0.4, 0.5) is 0 Å². The van der Waals surface area contributed by atoms with Crippen LogP contribution in [0.5, 0.6) is 0 Å². The highest BCUT2D eigenvalue weighted by Crippen LogP contribution is 2.28. The maximum Gasteiger partial charge on any atom is 0.328 e. The normalized spacial score (nSPS) is 12.9. The van der Waals surface area contributed by atoms with Gasteiger partial charge in [-0.2, -0.15) is 0 Å². The van der Waals surface area contributed by atoms with Crippen LogP contribution in [0.2, 0.25) is 0 Å². The summed E-state index contributed by atoms with van der Waals surface area (Å²) in [6, 6.07) is 0. The Balaban J connectivity index is 0.000000281. The molecule has 90 valence electrons. The first kappa shape index (κ1) is 14.4. The number of carboxylic acid groups (broad SMARTS) is 2. The second kappa shape index (κ2) is 8.71. The highest BCUT2D eigenvalue weighted by atomic mass is 16.4. The van der Waals surface area contributed by atoms with Crippen LogP contribution in [0.15, 0.2) is 23.8 Å². The summed E-state index contributed by atoms with van der Waals surface area (Å²) >= 11 is 0. The van der Waals surface area contributed by atoms with Crippen molar-refractivity contribution in [1.29, 1.82) is 0 Å². The van der Waals surface area contributed by atoms with E-state index in [4.69, 9.17) is 10.2 Å². The summed E-state index contributed by atoms with van der Waals surface area (Å²) in [5, 5.41) is 15.6. The summed E-state index contributed by atoms with van der Waals surface area (Å²) in [7, 11) is 0. The van der Waals surface area contributed by atoms with Crippen molar-refractivity contribution < 1.29 is 19.8 Å². The number of hydrogen-bond acceptors (Lipinski definition) is 2. The van der Waals surface area contributed by atoms with Gasteiger partial charge in [-0.25, -0.2) is 9.59 Å². The predicted molar refractivity (Wildman–Crippen MR) is 61.3 cm³/mol. The van der Waals surface area contributed by atoms with Crippen molar-refractivity contribution in [1.82, 2.24) is 0 Å². The molecule has 1 aliphatic carbocycles. The van der Waals surface area contributed by atoms with E-state index in [1.54, 1.807) is 5.57 Å². The average Bonchev–Trinajstić information content (AvgIpc) is 3.00. The van der Waals surface area contributed by atoms with Crippen molar-refractivity contribution in [2.24, 2.45) is 0 Å². The zero-order chi connectivity index (χ0) is 12.4. The van der Waals surface area contributed by atoms with Crippen molar-refractivity contribution in [3.8, 4) is 0 Å². The third-order valence-corrected chi connectivity index (χ3v) is 1.90. The molecular formula is C12H18O4. The first-order chi connectivity index (χ1) is 7.56. The lowest BCUT2D eigenvalue weighted by atomic mass is 10.2. The lowest BCUT2D eigenvalue weighted by Gasteiger charge is -1.84. The van der Waals surface area contributed by atoms with Crippen LogP contribution in [0.1, 0.15) is 39.0 Å². The number of rotatable bonds is 5. The van der Waals surface area contributed by atoms with Crippen LogP contribution >= 0.6 is 0 Å². The molecule has 4 nitrogen and oxygen atoms in total. The number of allylic oxidation sites excluding steroid dienone is 2. The molecule has 0 amide bonds. The monoisotopic (exact) mass is 226 g/mol. The molecule has 1 saturated carbocycles. The summed E-state index contributed by atoms with van der Waals surface area (Å²) in [6.45, 7) is 2.24. The average molecular weight is 226 g/mol. The second-order valence-electron chi connectivity index (χ2n) is 3.51. The quantitative estimate of drug-likeness (QED) is 0.429. The van der Waals surface area contributed by atoms with E-state index in [0.717, 1.165) is 0 Å². The number of carboxylic acids is 2. The fourth-order valence-electron chi connectivity index (χ4n) is 0.929. The molecular weight excluding hydrogens is 208 g/mol. The molecule has 0 radical (unpaired) electrons. The SMILES string of the molecule is CCCCC=C1CC1.O=C(O)/C=C\C(=O)O. The van der Waals surface area contributed by atoms with Gasteiger partial charge in [-0.1, -0.05) is 31.4 Å². The molecule has 1 fully saturated rings. The summed E-state index contributed by atoms with van der Waals surface area (Å²) < 4.78 is 0. The Labute approximate surface area is 95.3 Å². The smallest absolute Gasteiger partial charge is 0.328 e. The van der Waals surface area contributed by atoms with E-state index in [-0.39, 0.29) is 0 Å². The number of unbranched alkanes of at least 4 members (excludes halogenated alkanes) is 2. The highest BCUT2D eigenvalue weighted by molar-refractivity contribution is 5.89. The van der Waals surface area contributed by atoms with Crippen LogP contribution < -0.4 is 0 Å². The Kier molecular flexibility index (Phi) is 7.85. The van der Waals surface area contributed by atoms with Crippen LogP contribution in [-0.2, 0) is 9.59 Å². The molecule has 0 saturated heterocycles. The number of aliphatic carboxylic acids is 2. The topological polar surface area (TPSA) is 74.6 Å². The summed E-state index contributed by atoms with van der Waals surface area (Å²) in [4.78, 5) is 19.1. The van der Waals surface area contributed by atoms with Crippen molar-refractivity contribution >= 4 is 11.9 Å². The minimum atomic E-state index is -1.26. The van der Waals surface area contributed by atoms with E-state index in [2.05, 4.69) is 13.0 Å². The Morgan fingerprint density at radius 3 is 2.00 bits per heavy atom. The van der Waals surface area contributed by atoms with Gasteiger partial charge < -0.3 is 10.2 Å². The first-order valence-electron chi connectivity index (χ1n) is 5.38. The van der Waals surface area contributed by atoms with E-state index >= 15 is 0 Å². The summed E-state index contributed by atoms with van der Waals surface area (Å²) in [5.41, 5.74) is 1.69. The molecule has 2 N–H and O–H groups in total. The predicted octanol–water partition coefficient (Wildman–Crippen LogP) is 2.61. The van der Waals surface area contributed by atoms with Gasteiger partial charge in [0.25, 0.3) is 0 Å². The van der Waals surface area contributed by atoms with E-state index in [1.165, 1.54) is 32.1 Å². The van der Waals surface area contributed by atoms with E-state index in [0.29, 0.717) is 12.2 Å². The van der Waals surface area contributed by atoms with E-state index < -0.39 is 11.9 Å². The van der Waals surface area contributed by atoms with Crippen molar-refractivity contribution in [2.75, 3.05) is 0 Å². The van der Waals surface area contributed by atoms with Gasteiger partial charge in [-0.15, -0.1) is 0 Å². The maximum atomic E-state index is 9.55. The zero-order valence-electron chi connectivity index (χ0n) is 9.48. The molecule has 0 aromatic heterocycles. The molecule has 0 atom stereocenters. The van der Waals surface area contributed by atoms with Crippen molar-refractivity contribution in [3.05, 3.63) is 23.8 Å². The Bertz CT molecular complexity index is 267. The Hall–Kier alpha value is -1.58. The fraction of sp³-hybridized carbons (Fsp3) is 0.500. The van der Waals surface area contributed by atoms with Gasteiger partial charge >= 0.3 is 11.9 Å². The van der Waals surface area contributed by atoms with E-state index in [9.17, 15) is 9.59 Å². The minimum absolute atomic E-state index is 0.558. The number of hydrogen-bond donors (Lipinski definition) is 2. The molecule has 0 bridgehead atoms. The molecule has 0 aromatic carbocycles. The molecule has 1 aliphatic rings. The van der Waals surface area contributed by atoms with Crippen molar-refractivity contribution in [3.63, 3.8) is 0 Å². The maximum absolute atomic E-state index is 9.55. The molecule has 1 rings (SSSR count). The zero-order valence-corrected chi connectivity index (χ0v) is 9.48. The molecule has 4 heteroatoms. The second-order valence-corrected chi connectivity index (χ2v) is 3.51. The largest absolute Gasteiger partial charge is 0.478 e. The minimum Gasteiger partial charge on any atom is -0.478 e. The molecule has 0 aliphatic heterocycles. The van der Waals surface area contributed by atoms with E-state index in [1.807, 2.05) is 0 Å². The lowest BCUT2D eigenvalue weighted by Crippen LogP contribution is -1.91. The molecule has 0 unspecified atom stereocenters. The van der Waals surface area contributed by atoms with Gasteiger partial charge in [0, 0.05) is 12.2 Å². The van der Waals surface area contributed by atoms with Crippen molar-refractivity contribution in [2.45, 2.75) is 39.0 Å². The van der Waals surface area contributed by atoms with Gasteiger partial charge in [-0.3, -0.25) is 0 Å². The molecule has 0 spiro atoms. The van der Waals surface area contributed by atoms with Gasteiger partial charge in [0.1, 0.15) is 0 Å². The summed E-state index contributed by atoms with van der Waals surface area (Å²) in [6.07, 6.45) is 10.3. The highest BCUT2D eigenvalue weighted by Gasteiger charge is 2.08. The Morgan fingerprint density at radius 2 is 1.69 bits per heavy atom. The summed E-state index contributed by atoms with van der Waals surface area (Å²) in [5.74, 6) is -2.51. The third-order valence-electron chi connectivity index (χ3n) is 1.90. The van der Waals surface area contributed by atoms with Crippen LogP contribution in [-0.4, -0.2) is 22.2 Å². The van der Waals surface area contributed by atoms with Gasteiger partial charge in [0.05, 0.1) is 0 Å². The molecule has 0 aromatic rings. The van der Waals surface area contributed by atoms with Gasteiger partial charge in [0.2, 0.25) is 0 Å². The Morgan fingerprint density at radius 1 is 1.19 bits per heavy atom. The third kappa shape index (κ3) is 12.4. The molecule has 16 heavy (non-hydrogen) atoms. The van der Waals surface area contributed by atoms with Crippen LogP contribution in [0.3, 0.4) is 0 Å². The first-order valence-corrected chi connectivity index (χ1v) is 5.38.